The zero-order chi connectivity index (χ0) is 19.2. The highest BCUT2D eigenvalue weighted by molar-refractivity contribution is 5.58. The van der Waals surface area contributed by atoms with E-state index in [1.807, 2.05) is 25.1 Å². The molecule has 0 atom stereocenters. The lowest BCUT2D eigenvalue weighted by atomic mass is 10.2. The largest absolute Gasteiger partial charge is 0.495 e. The number of anilines is 1. The number of nitrogens with zero attached hydrogens (tertiary/aromatic N) is 5. The number of hydrogen-bond donors (Lipinski definition) is 0. The third kappa shape index (κ3) is 4.57. The van der Waals surface area contributed by atoms with Crippen LogP contribution in [-0.4, -0.2) is 59.2 Å². The van der Waals surface area contributed by atoms with E-state index in [0.717, 1.165) is 57.0 Å². The molecule has 3 rings (SSSR count). The second-order valence-corrected chi connectivity index (χ2v) is 6.78. The van der Waals surface area contributed by atoms with Crippen LogP contribution in [0.5, 0.6) is 5.75 Å². The van der Waals surface area contributed by atoms with Gasteiger partial charge in [0.15, 0.2) is 5.82 Å². The van der Waals surface area contributed by atoms with Crippen molar-refractivity contribution in [2.24, 2.45) is 0 Å². The number of benzene rings is 1. The minimum atomic E-state index is -0.364. The smallest absolute Gasteiger partial charge is 0.342 e. The van der Waals surface area contributed by atoms with Gasteiger partial charge < -0.3 is 19.8 Å². The van der Waals surface area contributed by atoms with Crippen LogP contribution in [0.4, 0.5) is 11.5 Å². The van der Waals surface area contributed by atoms with E-state index >= 15 is 0 Å². The number of para-hydroxylation sites is 2. The first-order valence-corrected chi connectivity index (χ1v) is 9.37. The minimum Gasteiger partial charge on any atom is -0.495 e. The summed E-state index contributed by atoms with van der Waals surface area (Å²) in [5, 5.41) is 11.0. The summed E-state index contributed by atoms with van der Waals surface area (Å²) in [7, 11) is 1.71. The van der Waals surface area contributed by atoms with E-state index in [9.17, 15) is 10.1 Å². The lowest BCUT2D eigenvalue weighted by Crippen LogP contribution is -2.46. The summed E-state index contributed by atoms with van der Waals surface area (Å²) in [6, 6.07) is 8.14. The van der Waals surface area contributed by atoms with Crippen molar-refractivity contribution >= 4 is 11.5 Å². The zero-order valence-corrected chi connectivity index (χ0v) is 16.0. The first-order valence-electron chi connectivity index (χ1n) is 9.37. The Balaban J connectivity index is 1.43. The Bertz CT molecular complexity index is 768. The Morgan fingerprint density at radius 3 is 2.56 bits per heavy atom. The number of nitro groups is 1. The maximum absolute atomic E-state index is 11.0. The van der Waals surface area contributed by atoms with Crippen LogP contribution in [0.3, 0.4) is 0 Å². The summed E-state index contributed by atoms with van der Waals surface area (Å²) < 4.78 is 7.16. The van der Waals surface area contributed by atoms with E-state index in [-0.39, 0.29) is 10.7 Å². The van der Waals surface area contributed by atoms with Gasteiger partial charge in [0, 0.05) is 33.1 Å². The van der Waals surface area contributed by atoms with Gasteiger partial charge in [0.1, 0.15) is 11.9 Å². The number of unbranched alkanes of at least 4 members (excludes halogenated alkanes) is 1. The Labute approximate surface area is 159 Å². The molecule has 8 heteroatoms. The van der Waals surface area contributed by atoms with E-state index in [1.165, 1.54) is 6.20 Å². The summed E-state index contributed by atoms with van der Waals surface area (Å²) in [5.41, 5.74) is 1.16. The molecule has 8 nitrogen and oxygen atoms in total. The predicted molar refractivity (Wildman–Crippen MR) is 104 cm³/mol. The van der Waals surface area contributed by atoms with Gasteiger partial charge in [-0.2, -0.15) is 0 Å². The number of imidazole rings is 1. The third-order valence-electron chi connectivity index (χ3n) is 5.13. The quantitative estimate of drug-likeness (QED) is 0.402. The average molecular weight is 373 g/mol. The zero-order valence-electron chi connectivity index (χ0n) is 16.0. The van der Waals surface area contributed by atoms with Crippen molar-refractivity contribution in [1.29, 1.82) is 0 Å². The third-order valence-corrected chi connectivity index (χ3v) is 5.13. The SMILES string of the molecule is COc1ccccc1N1CCN(CCCCn2c([N+](=O)[O-])cnc2C)CC1. The van der Waals surface area contributed by atoms with Crippen LogP contribution in [0.2, 0.25) is 0 Å². The molecule has 1 aliphatic rings. The van der Waals surface area contributed by atoms with Gasteiger partial charge in [-0.3, -0.25) is 4.90 Å². The Hall–Kier alpha value is -2.61. The van der Waals surface area contributed by atoms with Gasteiger partial charge in [-0.25, -0.2) is 9.55 Å². The van der Waals surface area contributed by atoms with Crippen molar-refractivity contribution in [3.63, 3.8) is 0 Å². The number of aromatic nitrogens is 2. The topological polar surface area (TPSA) is 76.7 Å². The van der Waals surface area contributed by atoms with Crippen molar-refractivity contribution < 1.29 is 9.66 Å². The van der Waals surface area contributed by atoms with Gasteiger partial charge in [-0.1, -0.05) is 12.1 Å². The molecule has 0 aliphatic carbocycles. The first kappa shape index (κ1) is 19.2. The number of hydrogen-bond acceptors (Lipinski definition) is 6. The van der Waals surface area contributed by atoms with Crippen molar-refractivity contribution in [2.75, 3.05) is 44.7 Å². The molecule has 2 aromatic rings. The van der Waals surface area contributed by atoms with Crippen molar-refractivity contribution in [3.8, 4) is 5.75 Å². The van der Waals surface area contributed by atoms with Gasteiger partial charge >= 0.3 is 5.82 Å². The lowest BCUT2D eigenvalue weighted by molar-refractivity contribution is -0.392. The highest BCUT2D eigenvalue weighted by Gasteiger charge is 2.20. The van der Waals surface area contributed by atoms with Crippen molar-refractivity contribution in [2.45, 2.75) is 26.3 Å². The molecule has 0 radical (unpaired) electrons. The number of rotatable bonds is 8. The highest BCUT2D eigenvalue weighted by atomic mass is 16.6. The van der Waals surface area contributed by atoms with Crippen LogP contribution in [0.25, 0.3) is 0 Å². The predicted octanol–water partition coefficient (Wildman–Crippen LogP) is 2.71. The van der Waals surface area contributed by atoms with Crippen LogP contribution in [-0.2, 0) is 6.54 Å². The second-order valence-electron chi connectivity index (χ2n) is 6.78. The fraction of sp³-hybridized carbons (Fsp3) is 0.526. The molecular weight excluding hydrogens is 346 g/mol. The van der Waals surface area contributed by atoms with E-state index in [2.05, 4.69) is 20.9 Å². The molecule has 0 unspecified atom stereocenters. The van der Waals surface area contributed by atoms with E-state index < -0.39 is 0 Å². The Kier molecular flexibility index (Phi) is 6.28. The van der Waals surface area contributed by atoms with Crippen molar-refractivity contribution in [1.82, 2.24) is 14.5 Å². The molecule has 0 bridgehead atoms. The fourth-order valence-electron chi connectivity index (χ4n) is 3.59. The molecule has 1 fully saturated rings. The molecule has 2 heterocycles. The average Bonchev–Trinajstić information content (AvgIpc) is 3.06. The first-order chi connectivity index (χ1) is 13.1. The molecule has 27 heavy (non-hydrogen) atoms. The highest BCUT2D eigenvalue weighted by Crippen LogP contribution is 2.28. The molecule has 146 valence electrons. The van der Waals surface area contributed by atoms with Gasteiger partial charge in [-0.15, -0.1) is 0 Å². The summed E-state index contributed by atoms with van der Waals surface area (Å²) in [5.74, 6) is 1.70. The Morgan fingerprint density at radius 1 is 1.15 bits per heavy atom. The molecule has 1 aliphatic heterocycles. The monoisotopic (exact) mass is 373 g/mol. The number of ether oxygens (including phenoxy) is 1. The normalized spacial score (nSPS) is 15.1. The number of aryl methyl sites for hydroxylation is 1. The summed E-state index contributed by atoms with van der Waals surface area (Å²) in [6.07, 6.45) is 3.26. The van der Waals surface area contributed by atoms with Crippen LogP contribution in [0.15, 0.2) is 30.5 Å². The number of methoxy groups -OCH3 is 1. The molecule has 1 saturated heterocycles. The maximum Gasteiger partial charge on any atom is 0.342 e. The van der Waals surface area contributed by atoms with E-state index in [0.29, 0.717) is 12.4 Å². The molecule has 0 amide bonds. The van der Waals surface area contributed by atoms with Crippen molar-refractivity contribution in [3.05, 3.63) is 46.4 Å². The fourth-order valence-corrected chi connectivity index (χ4v) is 3.59. The molecule has 0 spiro atoms. The molecular formula is C19H27N5O3. The molecule has 0 saturated carbocycles. The van der Waals surface area contributed by atoms with Crippen LogP contribution in [0, 0.1) is 17.0 Å². The Morgan fingerprint density at radius 2 is 1.85 bits per heavy atom. The van der Waals surface area contributed by atoms with Gasteiger partial charge in [0.25, 0.3) is 0 Å². The van der Waals surface area contributed by atoms with Gasteiger partial charge in [0.2, 0.25) is 0 Å². The number of piperazine rings is 1. The molecule has 0 N–H and O–H groups in total. The second kappa shape index (κ2) is 8.85. The van der Waals surface area contributed by atoms with E-state index in [1.54, 1.807) is 11.7 Å². The summed E-state index contributed by atoms with van der Waals surface area (Å²) in [4.78, 5) is 19.5. The van der Waals surface area contributed by atoms with E-state index in [4.69, 9.17) is 4.74 Å². The lowest BCUT2D eigenvalue weighted by Gasteiger charge is -2.36. The maximum atomic E-state index is 11.0. The van der Waals surface area contributed by atoms with Crippen LogP contribution < -0.4 is 9.64 Å². The standard InChI is InChI=1S/C19H27N5O3/c1-16-20-15-19(24(25)26)23(16)10-6-5-9-21-11-13-22(14-12-21)17-7-3-4-8-18(17)27-2/h3-4,7-8,15H,5-6,9-14H2,1-2H3. The summed E-state index contributed by atoms with van der Waals surface area (Å²) >= 11 is 0. The molecule has 1 aromatic heterocycles. The molecule has 1 aromatic carbocycles. The summed E-state index contributed by atoms with van der Waals surface area (Å²) in [6.45, 7) is 7.46. The van der Waals surface area contributed by atoms with Gasteiger partial charge in [0.05, 0.1) is 19.3 Å². The minimum absolute atomic E-state index is 0.0814. The van der Waals surface area contributed by atoms with Gasteiger partial charge in [-0.05, 0) is 36.4 Å². The van der Waals surface area contributed by atoms with Crippen LogP contribution >= 0.6 is 0 Å². The van der Waals surface area contributed by atoms with Crippen LogP contribution in [0.1, 0.15) is 18.7 Å².